The second-order valence-corrected chi connectivity index (χ2v) is 6.35. The molecule has 1 saturated heterocycles. The van der Waals surface area contributed by atoms with E-state index in [2.05, 4.69) is 36.3 Å². The van der Waals surface area contributed by atoms with Crippen molar-refractivity contribution in [3.63, 3.8) is 0 Å². The molecule has 4 heteroatoms. The number of ether oxygens (including phenoxy) is 1. The maximum Gasteiger partial charge on any atom is 0.0511 e. The van der Waals surface area contributed by atoms with Gasteiger partial charge in [-0.1, -0.05) is 18.5 Å². The van der Waals surface area contributed by atoms with Crippen molar-refractivity contribution in [2.24, 2.45) is 5.92 Å². The van der Waals surface area contributed by atoms with Crippen molar-refractivity contribution < 1.29 is 4.74 Å². The minimum absolute atomic E-state index is 0.635. The second-order valence-electron chi connectivity index (χ2n) is 5.91. The second kappa shape index (κ2) is 8.62. The van der Waals surface area contributed by atoms with Crippen LogP contribution in [-0.2, 0) is 11.3 Å². The zero-order valence-corrected chi connectivity index (χ0v) is 14.0. The summed E-state index contributed by atoms with van der Waals surface area (Å²) in [4.78, 5) is 2.35. The van der Waals surface area contributed by atoms with Gasteiger partial charge in [0.25, 0.3) is 0 Å². The van der Waals surface area contributed by atoms with Crippen LogP contribution in [0.25, 0.3) is 0 Å². The largest absolute Gasteiger partial charge is 0.381 e. The first kappa shape index (κ1) is 16.6. The first-order valence-corrected chi connectivity index (χ1v) is 8.36. The van der Waals surface area contributed by atoms with Crippen molar-refractivity contribution in [1.82, 2.24) is 5.32 Å². The fourth-order valence-electron chi connectivity index (χ4n) is 2.90. The van der Waals surface area contributed by atoms with Crippen molar-refractivity contribution in [3.8, 4) is 0 Å². The highest BCUT2D eigenvalue weighted by molar-refractivity contribution is 6.30. The minimum atomic E-state index is 0.635. The van der Waals surface area contributed by atoms with Crippen LogP contribution in [-0.4, -0.2) is 33.4 Å². The minimum Gasteiger partial charge on any atom is -0.381 e. The smallest absolute Gasteiger partial charge is 0.0511 e. The molecule has 21 heavy (non-hydrogen) atoms. The summed E-state index contributed by atoms with van der Waals surface area (Å²) in [5, 5.41) is 4.27. The molecule has 1 unspecified atom stereocenters. The highest BCUT2D eigenvalue weighted by Crippen LogP contribution is 2.25. The lowest BCUT2D eigenvalue weighted by molar-refractivity contribution is 0.0576. The third-order valence-corrected chi connectivity index (χ3v) is 4.22. The Balaban J connectivity index is 2.01. The molecule has 1 atom stereocenters. The Morgan fingerprint density at radius 2 is 2.29 bits per heavy atom. The Labute approximate surface area is 133 Å². The summed E-state index contributed by atoms with van der Waals surface area (Å²) in [5.41, 5.74) is 2.55. The van der Waals surface area contributed by atoms with E-state index in [4.69, 9.17) is 16.3 Å². The SMILES string of the molecule is CCCNCc1cc(Cl)ccc1N(C)CC1CCCOC1. The van der Waals surface area contributed by atoms with Crippen LogP contribution in [0.1, 0.15) is 31.7 Å². The molecule has 1 heterocycles. The summed E-state index contributed by atoms with van der Waals surface area (Å²) in [6.07, 6.45) is 3.59. The van der Waals surface area contributed by atoms with Gasteiger partial charge >= 0.3 is 0 Å². The van der Waals surface area contributed by atoms with E-state index in [0.29, 0.717) is 5.92 Å². The number of benzene rings is 1. The summed E-state index contributed by atoms with van der Waals surface area (Å²) in [6, 6.07) is 6.19. The van der Waals surface area contributed by atoms with E-state index in [1.807, 2.05) is 6.07 Å². The molecule has 0 amide bonds. The van der Waals surface area contributed by atoms with Crippen LogP contribution in [0.4, 0.5) is 5.69 Å². The van der Waals surface area contributed by atoms with Crippen molar-refractivity contribution in [2.45, 2.75) is 32.7 Å². The summed E-state index contributed by atoms with van der Waals surface area (Å²) in [7, 11) is 2.17. The van der Waals surface area contributed by atoms with Crippen LogP contribution >= 0.6 is 11.6 Å². The van der Waals surface area contributed by atoms with Gasteiger partial charge in [-0.05, 0) is 55.5 Å². The van der Waals surface area contributed by atoms with Crippen LogP contribution in [0, 0.1) is 5.92 Å². The summed E-state index contributed by atoms with van der Waals surface area (Å²) in [6.45, 7) is 6.94. The topological polar surface area (TPSA) is 24.5 Å². The van der Waals surface area contributed by atoms with E-state index in [9.17, 15) is 0 Å². The molecule has 1 N–H and O–H groups in total. The highest BCUT2D eigenvalue weighted by Gasteiger charge is 2.17. The van der Waals surface area contributed by atoms with Gasteiger partial charge in [-0.25, -0.2) is 0 Å². The number of nitrogens with one attached hydrogen (secondary N) is 1. The van der Waals surface area contributed by atoms with Gasteiger partial charge in [0, 0.05) is 37.5 Å². The normalized spacial score (nSPS) is 18.7. The molecule has 1 aromatic rings. The van der Waals surface area contributed by atoms with E-state index < -0.39 is 0 Å². The van der Waals surface area contributed by atoms with E-state index >= 15 is 0 Å². The third-order valence-electron chi connectivity index (χ3n) is 3.98. The van der Waals surface area contributed by atoms with Crippen molar-refractivity contribution in [1.29, 1.82) is 0 Å². The van der Waals surface area contributed by atoms with E-state index in [0.717, 1.165) is 44.3 Å². The molecule has 1 aromatic carbocycles. The predicted octanol–water partition coefficient (Wildman–Crippen LogP) is 3.70. The van der Waals surface area contributed by atoms with E-state index in [1.165, 1.54) is 24.1 Å². The maximum atomic E-state index is 6.16. The Kier molecular flexibility index (Phi) is 6.81. The summed E-state index contributed by atoms with van der Waals surface area (Å²) < 4.78 is 5.59. The average molecular weight is 311 g/mol. The number of rotatable bonds is 7. The van der Waals surface area contributed by atoms with Gasteiger partial charge in [-0.2, -0.15) is 0 Å². The van der Waals surface area contributed by atoms with Gasteiger partial charge in [-0.3, -0.25) is 0 Å². The number of hydrogen-bond donors (Lipinski definition) is 1. The molecule has 0 radical (unpaired) electrons. The first-order chi connectivity index (χ1) is 10.2. The fourth-order valence-corrected chi connectivity index (χ4v) is 3.10. The van der Waals surface area contributed by atoms with Crippen LogP contribution in [0.15, 0.2) is 18.2 Å². The van der Waals surface area contributed by atoms with Crippen LogP contribution in [0.5, 0.6) is 0 Å². The lowest BCUT2D eigenvalue weighted by Gasteiger charge is -2.30. The Morgan fingerprint density at radius 3 is 3.00 bits per heavy atom. The van der Waals surface area contributed by atoms with Gasteiger partial charge in [0.1, 0.15) is 0 Å². The molecule has 2 rings (SSSR count). The van der Waals surface area contributed by atoms with Crippen LogP contribution in [0.3, 0.4) is 0 Å². The first-order valence-electron chi connectivity index (χ1n) is 7.98. The molecular weight excluding hydrogens is 284 g/mol. The van der Waals surface area contributed by atoms with E-state index in [1.54, 1.807) is 0 Å². The van der Waals surface area contributed by atoms with Gasteiger partial charge in [0.15, 0.2) is 0 Å². The monoisotopic (exact) mass is 310 g/mol. The number of nitrogens with zero attached hydrogens (tertiary/aromatic N) is 1. The van der Waals surface area contributed by atoms with Crippen molar-refractivity contribution in [3.05, 3.63) is 28.8 Å². The van der Waals surface area contributed by atoms with Crippen molar-refractivity contribution in [2.75, 3.05) is 38.3 Å². The van der Waals surface area contributed by atoms with Gasteiger partial charge in [-0.15, -0.1) is 0 Å². The van der Waals surface area contributed by atoms with E-state index in [-0.39, 0.29) is 0 Å². The van der Waals surface area contributed by atoms with Gasteiger partial charge in [0.2, 0.25) is 0 Å². The average Bonchev–Trinajstić information content (AvgIpc) is 2.48. The third kappa shape index (κ3) is 5.17. The van der Waals surface area contributed by atoms with Crippen LogP contribution in [0.2, 0.25) is 5.02 Å². The zero-order chi connectivity index (χ0) is 15.1. The van der Waals surface area contributed by atoms with Crippen LogP contribution < -0.4 is 10.2 Å². The molecule has 1 fully saturated rings. The van der Waals surface area contributed by atoms with Gasteiger partial charge in [0.05, 0.1) is 6.61 Å². The molecule has 0 spiro atoms. The number of halogens is 1. The quantitative estimate of drug-likeness (QED) is 0.777. The molecule has 0 saturated carbocycles. The van der Waals surface area contributed by atoms with Crippen molar-refractivity contribution >= 4 is 17.3 Å². The molecule has 0 aromatic heterocycles. The molecule has 0 aliphatic carbocycles. The molecule has 3 nitrogen and oxygen atoms in total. The fraction of sp³-hybridized carbons (Fsp3) is 0.647. The summed E-state index contributed by atoms with van der Waals surface area (Å²) in [5.74, 6) is 0.635. The molecule has 118 valence electrons. The Hall–Kier alpha value is -0.770. The highest BCUT2D eigenvalue weighted by atomic mass is 35.5. The summed E-state index contributed by atoms with van der Waals surface area (Å²) >= 11 is 6.16. The number of anilines is 1. The lowest BCUT2D eigenvalue weighted by Crippen LogP contribution is -2.31. The standard InChI is InChI=1S/C17H27ClN2O/c1-3-8-19-11-15-10-16(18)6-7-17(15)20(2)12-14-5-4-9-21-13-14/h6-7,10,14,19H,3-5,8-9,11-13H2,1-2H3. The molecule has 1 aliphatic rings. The Bertz CT molecular complexity index is 433. The molecule has 0 bridgehead atoms. The Morgan fingerprint density at radius 1 is 1.43 bits per heavy atom. The molecule has 1 aliphatic heterocycles. The predicted molar refractivity (Wildman–Crippen MR) is 90.3 cm³/mol. The zero-order valence-electron chi connectivity index (χ0n) is 13.2. The van der Waals surface area contributed by atoms with Gasteiger partial charge < -0.3 is 15.0 Å². The lowest BCUT2D eigenvalue weighted by atomic mass is 10.0. The maximum absolute atomic E-state index is 6.16. The molecular formula is C17H27ClN2O. The number of hydrogen-bond acceptors (Lipinski definition) is 3.